The van der Waals surface area contributed by atoms with Gasteiger partial charge >= 0.3 is 5.97 Å². The highest BCUT2D eigenvalue weighted by Crippen LogP contribution is 2.27. The number of hydrogen-bond acceptors (Lipinski definition) is 3. The predicted molar refractivity (Wildman–Crippen MR) is 64.7 cm³/mol. The molecule has 2 rings (SSSR count). The molecule has 4 heteroatoms. The maximum absolute atomic E-state index is 10.8. The Kier molecular flexibility index (Phi) is 3.61. The topological polar surface area (TPSA) is 40.5 Å². The normalized spacial score (nSPS) is 20.8. The van der Waals surface area contributed by atoms with Crippen LogP contribution in [0.3, 0.4) is 0 Å². The molecule has 1 aromatic heterocycles. The smallest absolute Gasteiger partial charge is 0.306 e. The van der Waals surface area contributed by atoms with Crippen molar-refractivity contribution in [2.75, 3.05) is 13.1 Å². The van der Waals surface area contributed by atoms with E-state index in [1.165, 1.54) is 5.56 Å². The first kappa shape index (κ1) is 11.6. The first-order valence-corrected chi connectivity index (χ1v) is 6.61. The van der Waals surface area contributed by atoms with Crippen LogP contribution in [0, 0.1) is 5.92 Å². The number of carboxylic acid groups (broad SMARTS) is 1. The van der Waals surface area contributed by atoms with Gasteiger partial charge in [-0.15, -0.1) is 0 Å². The summed E-state index contributed by atoms with van der Waals surface area (Å²) in [6.45, 7) is 3.99. The average Bonchev–Trinajstić information content (AvgIpc) is 2.81. The number of hydrogen-bond donors (Lipinski definition) is 1. The molecule has 1 N–H and O–H groups in total. The lowest BCUT2D eigenvalue weighted by atomic mass is 9.95. The third-order valence-corrected chi connectivity index (χ3v) is 4.15. The minimum Gasteiger partial charge on any atom is -0.481 e. The molecule has 1 aromatic rings. The Morgan fingerprint density at radius 3 is 2.75 bits per heavy atom. The van der Waals surface area contributed by atoms with Gasteiger partial charge in [0, 0.05) is 6.04 Å². The zero-order valence-electron chi connectivity index (χ0n) is 9.43. The highest BCUT2D eigenvalue weighted by molar-refractivity contribution is 7.07. The van der Waals surface area contributed by atoms with Crippen molar-refractivity contribution >= 4 is 17.3 Å². The van der Waals surface area contributed by atoms with Crippen molar-refractivity contribution in [2.45, 2.75) is 25.8 Å². The fourth-order valence-corrected chi connectivity index (χ4v) is 3.00. The van der Waals surface area contributed by atoms with Gasteiger partial charge in [-0.2, -0.15) is 11.3 Å². The van der Waals surface area contributed by atoms with E-state index >= 15 is 0 Å². The lowest BCUT2D eigenvalue weighted by Crippen LogP contribution is -2.37. The zero-order chi connectivity index (χ0) is 11.5. The Labute approximate surface area is 99.7 Å². The van der Waals surface area contributed by atoms with E-state index in [9.17, 15) is 4.79 Å². The first-order valence-electron chi connectivity index (χ1n) is 5.67. The molecule has 1 atom stereocenters. The first-order chi connectivity index (χ1) is 7.68. The molecule has 1 aliphatic heterocycles. The Morgan fingerprint density at radius 2 is 2.25 bits per heavy atom. The van der Waals surface area contributed by atoms with Gasteiger partial charge in [0.2, 0.25) is 0 Å². The minimum absolute atomic E-state index is 0.133. The van der Waals surface area contributed by atoms with E-state index in [4.69, 9.17) is 5.11 Å². The molecule has 2 heterocycles. The fourth-order valence-electron chi connectivity index (χ4n) is 2.26. The maximum Gasteiger partial charge on any atom is 0.306 e. The van der Waals surface area contributed by atoms with E-state index in [-0.39, 0.29) is 5.92 Å². The van der Waals surface area contributed by atoms with Gasteiger partial charge in [-0.05, 0) is 55.2 Å². The van der Waals surface area contributed by atoms with Crippen molar-refractivity contribution in [1.29, 1.82) is 0 Å². The molecule has 0 aliphatic carbocycles. The lowest BCUT2D eigenvalue weighted by Gasteiger charge is -2.34. The highest BCUT2D eigenvalue weighted by atomic mass is 32.1. The molecular formula is C12H17NO2S. The molecule has 0 radical (unpaired) electrons. The van der Waals surface area contributed by atoms with E-state index in [2.05, 4.69) is 28.7 Å². The third kappa shape index (κ3) is 2.44. The highest BCUT2D eigenvalue weighted by Gasteiger charge is 2.27. The quantitative estimate of drug-likeness (QED) is 0.881. The van der Waals surface area contributed by atoms with Crippen LogP contribution in [0.1, 0.15) is 31.4 Å². The van der Waals surface area contributed by atoms with E-state index < -0.39 is 5.97 Å². The fraction of sp³-hybridized carbons (Fsp3) is 0.583. The number of aliphatic carboxylic acids is 1. The summed E-state index contributed by atoms with van der Waals surface area (Å²) in [5, 5.41) is 13.2. The summed E-state index contributed by atoms with van der Waals surface area (Å²) in [5.41, 5.74) is 1.35. The summed E-state index contributed by atoms with van der Waals surface area (Å²) in [7, 11) is 0. The molecule has 0 saturated carbocycles. The molecule has 1 unspecified atom stereocenters. The van der Waals surface area contributed by atoms with Crippen LogP contribution in [0.25, 0.3) is 0 Å². The molecule has 1 saturated heterocycles. The average molecular weight is 239 g/mol. The summed E-state index contributed by atoms with van der Waals surface area (Å²) in [6.07, 6.45) is 1.56. The van der Waals surface area contributed by atoms with Crippen molar-refractivity contribution in [1.82, 2.24) is 4.90 Å². The third-order valence-electron chi connectivity index (χ3n) is 3.45. The van der Waals surface area contributed by atoms with Crippen molar-refractivity contribution in [3.8, 4) is 0 Å². The molecule has 1 fully saturated rings. The summed E-state index contributed by atoms with van der Waals surface area (Å²) < 4.78 is 0. The number of piperidine rings is 1. The van der Waals surface area contributed by atoms with Gasteiger partial charge < -0.3 is 5.11 Å². The second-order valence-corrected chi connectivity index (χ2v) is 5.16. The number of rotatable bonds is 3. The monoisotopic (exact) mass is 239 g/mol. The Balaban J connectivity index is 1.92. The molecule has 16 heavy (non-hydrogen) atoms. The van der Waals surface area contributed by atoms with Crippen molar-refractivity contribution in [2.24, 2.45) is 5.92 Å². The van der Waals surface area contributed by atoms with Gasteiger partial charge in [-0.25, -0.2) is 0 Å². The van der Waals surface area contributed by atoms with Crippen LogP contribution in [0.5, 0.6) is 0 Å². The Hall–Kier alpha value is -0.870. The molecule has 88 valence electrons. The molecule has 1 aliphatic rings. The number of nitrogens with zero attached hydrogens (tertiary/aromatic N) is 1. The van der Waals surface area contributed by atoms with E-state index in [0.717, 1.165) is 25.9 Å². The number of carbonyl (C=O) groups is 1. The second-order valence-electron chi connectivity index (χ2n) is 4.38. The van der Waals surface area contributed by atoms with Crippen LogP contribution in [-0.4, -0.2) is 29.1 Å². The Morgan fingerprint density at radius 1 is 1.56 bits per heavy atom. The SMILES string of the molecule is CC(c1ccsc1)N1CCC(C(=O)O)CC1. The zero-order valence-corrected chi connectivity index (χ0v) is 10.2. The molecule has 3 nitrogen and oxygen atoms in total. The maximum atomic E-state index is 10.8. The van der Waals surface area contributed by atoms with E-state index in [1.54, 1.807) is 11.3 Å². The second kappa shape index (κ2) is 4.97. The van der Waals surface area contributed by atoms with Crippen molar-refractivity contribution in [3.05, 3.63) is 22.4 Å². The molecular weight excluding hydrogens is 222 g/mol. The predicted octanol–water partition coefficient (Wildman–Crippen LogP) is 2.61. The van der Waals surface area contributed by atoms with Crippen molar-refractivity contribution < 1.29 is 9.90 Å². The number of carboxylic acids is 1. The van der Waals surface area contributed by atoms with Crippen LogP contribution in [-0.2, 0) is 4.79 Å². The largest absolute Gasteiger partial charge is 0.481 e. The van der Waals surface area contributed by atoms with Crippen LogP contribution in [0.2, 0.25) is 0 Å². The molecule has 0 amide bonds. The van der Waals surface area contributed by atoms with E-state index in [0.29, 0.717) is 6.04 Å². The number of thiophene rings is 1. The van der Waals surface area contributed by atoms with Gasteiger partial charge in [0.25, 0.3) is 0 Å². The summed E-state index contributed by atoms with van der Waals surface area (Å²) >= 11 is 1.72. The lowest BCUT2D eigenvalue weighted by molar-refractivity contribution is -0.143. The van der Waals surface area contributed by atoms with Gasteiger partial charge in [-0.3, -0.25) is 9.69 Å². The van der Waals surface area contributed by atoms with Gasteiger partial charge in [-0.1, -0.05) is 0 Å². The van der Waals surface area contributed by atoms with Crippen LogP contribution in [0.15, 0.2) is 16.8 Å². The van der Waals surface area contributed by atoms with Crippen molar-refractivity contribution in [3.63, 3.8) is 0 Å². The molecule has 0 bridgehead atoms. The van der Waals surface area contributed by atoms with Crippen LogP contribution in [0.4, 0.5) is 0 Å². The summed E-state index contributed by atoms with van der Waals surface area (Å²) in [6, 6.07) is 2.57. The van der Waals surface area contributed by atoms with Gasteiger partial charge in [0.15, 0.2) is 0 Å². The standard InChI is InChI=1S/C12H17NO2S/c1-9(11-4-7-16-8-11)13-5-2-10(3-6-13)12(14)15/h4,7-10H,2-3,5-6H2,1H3,(H,14,15). The van der Waals surface area contributed by atoms with E-state index in [1.807, 2.05) is 0 Å². The number of likely N-dealkylation sites (tertiary alicyclic amines) is 1. The summed E-state index contributed by atoms with van der Waals surface area (Å²) in [5.74, 6) is -0.770. The van der Waals surface area contributed by atoms with Gasteiger partial charge in [0.1, 0.15) is 0 Å². The molecule has 0 aromatic carbocycles. The van der Waals surface area contributed by atoms with Crippen LogP contribution >= 0.6 is 11.3 Å². The van der Waals surface area contributed by atoms with Crippen LogP contribution < -0.4 is 0 Å². The molecule has 0 spiro atoms. The van der Waals surface area contributed by atoms with Gasteiger partial charge in [0.05, 0.1) is 5.92 Å². The Bertz CT molecular complexity index is 342. The minimum atomic E-state index is -0.636. The summed E-state index contributed by atoms with van der Waals surface area (Å²) in [4.78, 5) is 13.2.